The summed E-state index contributed by atoms with van der Waals surface area (Å²) in [4.78, 5) is 30.6. The van der Waals surface area contributed by atoms with Crippen molar-refractivity contribution in [3.05, 3.63) is 98.9 Å². The summed E-state index contributed by atoms with van der Waals surface area (Å²) in [7, 11) is 1.56. The van der Waals surface area contributed by atoms with Crippen LogP contribution in [-0.2, 0) is 0 Å². The summed E-state index contributed by atoms with van der Waals surface area (Å²) in [5.74, 6) is 0.327. The van der Waals surface area contributed by atoms with Crippen LogP contribution in [0.4, 0.5) is 16.5 Å². The second-order valence-electron chi connectivity index (χ2n) is 7.45. The number of aromatic nitrogens is 1. The predicted octanol–water partition coefficient (Wildman–Crippen LogP) is 6.32. The Balaban J connectivity index is 1.81. The summed E-state index contributed by atoms with van der Waals surface area (Å²) in [6.07, 6.45) is 0. The molecule has 0 saturated carbocycles. The van der Waals surface area contributed by atoms with Crippen LogP contribution in [0.3, 0.4) is 0 Å². The van der Waals surface area contributed by atoms with Gasteiger partial charge in [0.05, 0.1) is 23.4 Å². The van der Waals surface area contributed by atoms with Crippen LogP contribution < -0.4 is 9.64 Å². The van der Waals surface area contributed by atoms with Crippen LogP contribution in [-0.4, -0.2) is 22.9 Å². The molecule has 8 heteroatoms. The minimum atomic E-state index is -0.442. The number of nitro benzene ring substituents is 1. The summed E-state index contributed by atoms with van der Waals surface area (Å²) in [5, 5.41) is 13.3. The van der Waals surface area contributed by atoms with Gasteiger partial charge in [0.15, 0.2) is 5.13 Å². The van der Waals surface area contributed by atoms with Crippen molar-refractivity contribution < 1.29 is 14.5 Å². The van der Waals surface area contributed by atoms with Crippen LogP contribution in [0.25, 0.3) is 11.3 Å². The zero-order chi connectivity index (χ0) is 23.5. The molecule has 166 valence electrons. The van der Waals surface area contributed by atoms with E-state index in [1.54, 1.807) is 30.2 Å². The van der Waals surface area contributed by atoms with Crippen LogP contribution in [0.15, 0.2) is 72.1 Å². The van der Waals surface area contributed by atoms with Gasteiger partial charge < -0.3 is 4.74 Å². The Morgan fingerprint density at radius 2 is 1.79 bits per heavy atom. The Morgan fingerprint density at radius 3 is 2.48 bits per heavy atom. The van der Waals surface area contributed by atoms with Gasteiger partial charge in [0.25, 0.3) is 11.6 Å². The Labute approximate surface area is 195 Å². The Hall–Kier alpha value is -4.04. The van der Waals surface area contributed by atoms with Gasteiger partial charge in [-0.25, -0.2) is 9.88 Å². The lowest BCUT2D eigenvalue weighted by Crippen LogP contribution is -2.27. The van der Waals surface area contributed by atoms with Crippen molar-refractivity contribution >= 4 is 33.8 Å². The molecule has 0 fully saturated rings. The topological polar surface area (TPSA) is 85.6 Å². The van der Waals surface area contributed by atoms with Crippen molar-refractivity contribution in [2.24, 2.45) is 0 Å². The number of rotatable bonds is 6. The highest BCUT2D eigenvalue weighted by molar-refractivity contribution is 7.14. The zero-order valence-corrected chi connectivity index (χ0v) is 19.1. The Kier molecular flexibility index (Phi) is 6.19. The van der Waals surface area contributed by atoms with Gasteiger partial charge in [-0.2, -0.15) is 0 Å². The lowest BCUT2D eigenvalue weighted by molar-refractivity contribution is -0.384. The largest absolute Gasteiger partial charge is 0.495 e. The monoisotopic (exact) mass is 459 g/mol. The molecule has 0 saturated heterocycles. The first-order valence-electron chi connectivity index (χ1n) is 10.1. The Morgan fingerprint density at radius 1 is 1.06 bits per heavy atom. The number of methoxy groups -OCH3 is 1. The fourth-order valence-electron chi connectivity index (χ4n) is 3.45. The van der Waals surface area contributed by atoms with Gasteiger partial charge >= 0.3 is 0 Å². The molecule has 0 radical (unpaired) electrons. The van der Waals surface area contributed by atoms with E-state index in [1.165, 1.54) is 23.5 Å². The maximum Gasteiger partial charge on any atom is 0.269 e. The highest BCUT2D eigenvalue weighted by Crippen LogP contribution is 2.38. The quantitative estimate of drug-likeness (QED) is 0.249. The average Bonchev–Trinajstić information content (AvgIpc) is 3.31. The van der Waals surface area contributed by atoms with E-state index in [2.05, 4.69) is 0 Å². The highest BCUT2D eigenvalue weighted by atomic mass is 32.1. The molecule has 1 heterocycles. The molecule has 0 aliphatic heterocycles. The molecular weight excluding hydrogens is 438 g/mol. The third-order valence-corrected chi connectivity index (χ3v) is 6.04. The van der Waals surface area contributed by atoms with Gasteiger partial charge in [0, 0.05) is 28.6 Å². The molecule has 1 aromatic heterocycles. The number of benzene rings is 3. The predicted molar refractivity (Wildman–Crippen MR) is 130 cm³/mol. The molecule has 0 aliphatic carbocycles. The fourth-order valence-corrected chi connectivity index (χ4v) is 4.30. The molecule has 4 aromatic rings. The highest BCUT2D eigenvalue weighted by Gasteiger charge is 2.27. The van der Waals surface area contributed by atoms with Crippen LogP contribution in [0.1, 0.15) is 21.5 Å². The van der Waals surface area contributed by atoms with Crippen LogP contribution >= 0.6 is 11.3 Å². The first-order chi connectivity index (χ1) is 15.9. The fraction of sp³-hybridized carbons (Fsp3) is 0.120. The van der Waals surface area contributed by atoms with Gasteiger partial charge in [-0.3, -0.25) is 14.9 Å². The lowest BCUT2D eigenvalue weighted by atomic mass is 10.0. The third-order valence-electron chi connectivity index (χ3n) is 5.21. The smallest absolute Gasteiger partial charge is 0.269 e. The molecule has 0 N–H and O–H groups in total. The summed E-state index contributed by atoms with van der Waals surface area (Å²) in [6.45, 7) is 3.84. The van der Waals surface area contributed by atoms with E-state index in [0.29, 0.717) is 27.8 Å². The molecule has 0 bridgehead atoms. The van der Waals surface area contributed by atoms with Crippen molar-refractivity contribution in [2.45, 2.75) is 13.8 Å². The number of carbonyl (C=O) groups is 1. The van der Waals surface area contributed by atoms with Crippen molar-refractivity contribution in [3.8, 4) is 17.0 Å². The molecule has 7 nitrogen and oxygen atoms in total. The van der Waals surface area contributed by atoms with Gasteiger partial charge in [-0.15, -0.1) is 11.3 Å². The first kappa shape index (κ1) is 22.2. The SMILES string of the molecule is COc1ccccc1N(C(=O)c1cc(C)ccc1C)c1nc(-c2ccc([N+](=O)[O-])cc2)cs1. The molecule has 0 unspecified atom stereocenters. The van der Waals surface area contributed by atoms with Gasteiger partial charge in [0.2, 0.25) is 0 Å². The van der Waals surface area contributed by atoms with Crippen molar-refractivity contribution in [1.82, 2.24) is 4.98 Å². The van der Waals surface area contributed by atoms with E-state index < -0.39 is 4.92 Å². The summed E-state index contributed by atoms with van der Waals surface area (Å²) < 4.78 is 5.53. The van der Waals surface area contributed by atoms with Crippen molar-refractivity contribution in [1.29, 1.82) is 0 Å². The number of amides is 1. The maximum atomic E-state index is 13.8. The van der Waals surface area contributed by atoms with Crippen LogP contribution in [0.5, 0.6) is 5.75 Å². The number of carbonyl (C=O) groups excluding carboxylic acids is 1. The second-order valence-corrected chi connectivity index (χ2v) is 8.29. The van der Waals surface area contributed by atoms with E-state index in [0.717, 1.165) is 16.7 Å². The molecule has 1 amide bonds. The average molecular weight is 460 g/mol. The number of hydrogen-bond donors (Lipinski definition) is 0. The number of para-hydroxylation sites is 2. The van der Waals surface area contributed by atoms with Crippen LogP contribution in [0, 0.1) is 24.0 Å². The maximum absolute atomic E-state index is 13.8. The zero-order valence-electron chi connectivity index (χ0n) is 18.3. The van der Waals surface area contributed by atoms with E-state index in [9.17, 15) is 14.9 Å². The number of non-ortho nitro benzene ring substituents is 1. The second kappa shape index (κ2) is 9.22. The minimum Gasteiger partial charge on any atom is -0.495 e. The molecule has 4 rings (SSSR count). The van der Waals surface area contributed by atoms with E-state index in [4.69, 9.17) is 9.72 Å². The lowest BCUT2D eigenvalue weighted by Gasteiger charge is -2.23. The number of nitrogens with zero attached hydrogens (tertiary/aromatic N) is 3. The summed E-state index contributed by atoms with van der Waals surface area (Å²) in [5.41, 5.74) is 4.35. The number of hydrogen-bond acceptors (Lipinski definition) is 6. The Bertz CT molecular complexity index is 1330. The van der Waals surface area contributed by atoms with Gasteiger partial charge in [-0.05, 0) is 49.7 Å². The molecule has 0 aliphatic rings. The molecule has 0 atom stereocenters. The van der Waals surface area contributed by atoms with Crippen molar-refractivity contribution in [2.75, 3.05) is 12.0 Å². The third kappa shape index (κ3) is 4.47. The number of aryl methyl sites for hydroxylation is 2. The summed E-state index contributed by atoms with van der Waals surface area (Å²) >= 11 is 1.31. The minimum absolute atomic E-state index is 0.00921. The van der Waals surface area contributed by atoms with Gasteiger partial charge in [-0.1, -0.05) is 29.8 Å². The summed E-state index contributed by atoms with van der Waals surface area (Å²) in [6, 6.07) is 19.2. The first-order valence-corrected chi connectivity index (χ1v) is 11.0. The standard InChI is InChI=1S/C25H21N3O4S/c1-16-8-9-17(2)20(14-16)24(29)27(22-6-4-5-7-23(22)32-3)25-26-21(15-33-25)18-10-12-19(13-11-18)28(30)31/h4-15H,1-3H3. The normalized spacial score (nSPS) is 10.6. The van der Waals surface area contributed by atoms with Crippen LogP contribution in [0.2, 0.25) is 0 Å². The van der Waals surface area contributed by atoms with E-state index in [1.807, 2.05) is 55.6 Å². The number of thiazole rings is 1. The number of anilines is 2. The molecule has 3 aromatic carbocycles. The van der Waals surface area contributed by atoms with E-state index in [-0.39, 0.29) is 11.6 Å². The van der Waals surface area contributed by atoms with Gasteiger partial charge in [0.1, 0.15) is 5.75 Å². The molecule has 0 spiro atoms. The number of ether oxygens (including phenoxy) is 1. The van der Waals surface area contributed by atoms with Crippen molar-refractivity contribution in [3.63, 3.8) is 0 Å². The molecular formula is C25H21N3O4S. The van der Waals surface area contributed by atoms with E-state index >= 15 is 0 Å². The number of nitro groups is 1. The molecule has 33 heavy (non-hydrogen) atoms.